The van der Waals surface area contributed by atoms with E-state index in [1.165, 1.54) is 23.5 Å². The molecular formula is C16H21ClN4O3S. The van der Waals surface area contributed by atoms with Crippen LogP contribution < -0.4 is 5.73 Å². The number of nitro benzene ring substituents is 1. The molecule has 136 valence electrons. The van der Waals surface area contributed by atoms with Gasteiger partial charge < -0.3 is 10.6 Å². The fraction of sp³-hybridized carbons (Fsp3) is 0.375. The third-order valence-electron chi connectivity index (χ3n) is 3.61. The molecule has 2 N–H and O–H groups in total. The normalized spacial score (nSPS) is 10.9. The minimum Gasteiger partial charge on any atom is -0.340 e. The third-order valence-corrected chi connectivity index (χ3v) is 4.50. The molecule has 1 aromatic heterocycles. The average molecular weight is 385 g/mol. The Labute approximate surface area is 156 Å². The molecule has 1 aromatic carbocycles. The smallest absolute Gasteiger partial charge is 0.273 e. The Morgan fingerprint density at radius 3 is 2.48 bits per heavy atom. The van der Waals surface area contributed by atoms with Crippen molar-refractivity contribution in [3.05, 3.63) is 45.5 Å². The van der Waals surface area contributed by atoms with Gasteiger partial charge in [-0.3, -0.25) is 14.9 Å². The van der Waals surface area contributed by atoms with E-state index in [9.17, 15) is 14.9 Å². The fourth-order valence-electron chi connectivity index (χ4n) is 2.20. The van der Waals surface area contributed by atoms with Gasteiger partial charge in [-0.05, 0) is 24.1 Å². The molecule has 0 radical (unpaired) electrons. The summed E-state index contributed by atoms with van der Waals surface area (Å²) in [5, 5.41) is 13.0. The van der Waals surface area contributed by atoms with Crippen molar-refractivity contribution in [2.75, 3.05) is 20.1 Å². The van der Waals surface area contributed by atoms with Gasteiger partial charge in [-0.1, -0.05) is 13.8 Å². The van der Waals surface area contributed by atoms with E-state index in [4.69, 9.17) is 5.73 Å². The Morgan fingerprint density at radius 1 is 1.36 bits per heavy atom. The van der Waals surface area contributed by atoms with Gasteiger partial charge in [0.2, 0.25) is 0 Å². The Balaban J connectivity index is 0.00000312. The molecule has 0 aliphatic heterocycles. The van der Waals surface area contributed by atoms with E-state index in [1.54, 1.807) is 29.5 Å². The number of amides is 1. The number of nitrogens with two attached hydrogens (primary N) is 1. The number of thiazole rings is 1. The number of carbonyl (C=O) groups is 1. The topological polar surface area (TPSA) is 102 Å². The minimum absolute atomic E-state index is 0. The number of halogens is 1. The highest BCUT2D eigenvalue weighted by atomic mass is 35.5. The minimum atomic E-state index is -0.450. The average Bonchev–Trinajstić information content (AvgIpc) is 3.03. The number of aromatic nitrogens is 1. The van der Waals surface area contributed by atoms with E-state index in [0.29, 0.717) is 23.8 Å². The zero-order valence-electron chi connectivity index (χ0n) is 14.3. The van der Waals surface area contributed by atoms with Crippen LogP contribution in [-0.2, 0) is 0 Å². The van der Waals surface area contributed by atoms with E-state index in [1.807, 2.05) is 13.8 Å². The van der Waals surface area contributed by atoms with Crippen molar-refractivity contribution >= 4 is 35.3 Å². The molecule has 7 nitrogen and oxygen atoms in total. The summed E-state index contributed by atoms with van der Waals surface area (Å²) in [6, 6.07) is 6.11. The summed E-state index contributed by atoms with van der Waals surface area (Å²) in [5.74, 6) is -0.166. The van der Waals surface area contributed by atoms with Gasteiger partial charge >= 0.3 is 0 Å². The monoisotopic (exact) mass is 384 g/mol. The summed E-state index contributed by atoms with van der Waals surface area (Å²) >= 11 is 1.33. The van der Waals surface area contributed by atoms with E-state index >= 15 is 0 Å². The molecule has 0 atom stereocenters. The van der Waals surface area contributed by atoms with Gasteiger partial charge in [-0.2, -0.15) is 0 Å². The molecule has 0 spiro atoms. The van der Waals surface area contributed by atoms with Crippen molar-refractivity contribution in [3.63, 3.8) is 0 Å². The van der Waals surface area contributed by atoms with Crippen LogP contribution in [0, 0.1) is 15.5 Å². The third kappa shape index (κ3) is 5.22. The molecule has 0 saturated heterocycles. The SMILES string of the molecule is CN(CC(C)(C)CN)C(=O)c1csc(-c2ccc([N+](=O)[O-])cc2)n1.Cl. The first-order valence-corrected chi connectivity index (χ1v) is 8.27. The zero-order chi connectivity index (χ0) is 17.9. The van der Waals surface area contributed by atoms with Crippen molar-refractivity contribution in [2.24, 2.45) is 11.1 Å². The standard InChI is InChI=1S/C16H20N4O3S.ClH/c1-16(2,9-17)10-19(3)15(21)13-8-24-14(18-13)11-4-6-12(7-5-11)20(22)23;/h4-8H,9-10,17H2,1-3H3;1H. The summed E-state index contributed by atoms with van der Waals surface area (Å²) < 4.78 is 0. The lowest BCUT2D eigenvalue weighted by molar-refractivity contribution is -0.384. The Morgan fingerprint density at radius 2 is 1.96 bits per heavy atom. The highest BCUT2D eigenvalue weighted by Gasteiger charge is 2.23. The number of benzene rings is 1. The molecule has 2 aromatic rings. The molecular weight excluding hydrogens is 364 g/mol. The van der Waals surface area contributed by atoms with Crippen LogP contribution in [0.5, 0.6) is 0 Å². The van der Waals surface area contributed by atoms with Crippen LogP contribution in [-0.4, -0.2) is 40.9 Å². The van der Waals surface area contributed by atoms with Crippen molar-refractivity contribution < 1.29 is 9.72 Å². The summed E-state index contributed by atoms with van der Waals surface area (Å²) in [7, 11) is 1.73. The van der Waals surface area contributed by atoms with Gasteiger partial charge in [0.05, 0.1) is 4.92 Å². The van der Waals surface area contributed by atoms with E-state index in [-0.39, 0.29) is 29.4 Å². The first-order chi connectivity index (χ1) is 11.2. The summed E-state index contributed by atoms with van der Waals surface area (Å²) in [4.78, 5) is 28.7. The molecule has 1 heterocycles. The number of hydrogen-bond acceptors (Lipinski definition) is 6. The van der Waals surface area contributed by atoms with Gasteiger partial charge in [0.1, 0.15) is 10.7 Å². The number of hydrogen-bond donors (Lipinski definition) is 1. The number of nitrogens with zero attached hydrogens (tertiary/aromatic N) is 3. The zero-order valence-corrected chi connectivity index (χ0v) is 15.9. The number of rotatable bonds is 6. The van der Waals surface area contributed by atoms with E-state index in [0.717, 1.165) is 5.56 Å². The maximum atomic E-state index is 12.5. The van der Waals surface area contributed by atoms with Gasteiger partial charge in [0.25, 0.3) is 11.6 Å². The van der Waals surface area contributed by atoms with Gasteiger partial charge in [-0.15, -0.1) is 23.7 Å². The second-order valence-corrected chi connectivity index (χ2v) is 7.23. The van der Waals surface area contributed by atoms with E-state index in [2.05, 4.69) is 4.98 Å². The number of non-ortho nitro benzene ring substituents is 1. The largest absolute Gasteiger partial charge is 0.340 e. The van der Waals surface area contributed by atoms with Crippen LogP contribution in [0.1, 0.15) is 24.3 Å². The van der Waals surface area contributed by atoms with Crippen LogP contribution in [0.3, 0.4) is 0 Å². The van der Waals surface area contributed by atoms with Gasteiger partial charge in [0.15, 0.2) is 0 Å². The highest BCUT2D eigenvalue weighted by molar-refractivity contribution is 7.13. The molecule has 0 fully saturated rings. The lowest BCUT2D eigenvalue weighted by atomic mass is 9.93. The number of carbonyl (C=O) groups excluding carboxylic acids is 1. The Kier molecular flexibility index (Phi) is 7.04. The first kappa shape index (κ1) is 21.0. The van der Waals surface area contributed by atoms with Crippen LogP contribution in [0.25, 0.3) is 10.6 Å². The summed E-state index contributed by atoms with van der Waals surface area (Å²) in [5.41, 5.74) is 6.68. The first-order valence-electron chi connectivity index (χ1n) is 7.39. The molecule has 9 heteroatoms. The second-order valence-electron chi connectivity index (χ2n) is 6.37. The Bertz CT molecular complexity index is 746. The fourth-order valence-corrected chi connectivity index (χ4v) is 3.00. The van der Waals surface area contributed by atoms with Crippen molar-refractivity contribution in [1.82, 2.24) is 9.88 Å². The van der Waals surface area contributed by atoms with Gasteiger partial charge in [0, 0.05) is 36.7 Å². The maximum Gasteiger partial charge on any atom is 0.273 e. The van der Waals surface area contributed by atoms with E-state index < -0.39 is 4.92 Å². The predicted octanol–water partition coefficient (Wildman–Crippen LogP) is 3.20. The predicted molar refractivity (Wildman–Crippen MR) is 101 cm³/mol. The van der Waals surface area contributed by atoms with Crippen molar-refractivity contribution in [2.45, 2.75) is 13.8 Å². The maximum absolute atomic E-state index is 12.5. The highest BCUT2D eigenvalue weighted by Crippen LogP contribution is 2.26. The summed E-state index contributed by atoms with van der Waals surface area (Å²) in [6.07, 6.45) is 0. The number of nitro groups is 1. The molecule has 2 rings (SSSR count). The molecule has 0 aliphatic rings. The lowest BCUT2D eigenvalue weighted by Crippen LogP contribution is -2.39. The molecule has 1 amide bonds. The van der Waals surface area contributed by atoms with Crippen LogP contribution >= 0.6 is 23.7 Å². The Hall–Kier alpha value is -2.03. The molecule has 0 aliphatic carbocycles. The van der Waals surface area contributed by atoms with Crippen LogP contribution in [0.15, 0.2) is 29.6 Å². The van der Waals surface area contributed by atoms with Crippen LogP contribution in [0.4, 0.5) is 5.69 Å². The van der Waals surface area contributed by atoms with Gasteiger partial charge in [-0.25, -0.2) is 4.98 Å². The van der Waals surface area contributed by atoms with Crippen molar-refractivity contribution in [3.8, 4) is 10.6 Å². The lowest BCUT2D eigenvalue weighted by Gasteiger charge is -2.28. The second kappa shape index (κ2) is 8.37. The quantitative estimate of drug-likeness (QED) is 0.608. The molecule has 0 saturated carbocycles. The van der Waals surface area contributed by atoms with Crippen molar-refractivity contribution in [1.29, 1.82) is 0 Å². The molecule has 0 bridgehead atoms. The molecule has 25 heavy (non-hydrogen) atoms. The summed E-state index contributed by atoms with van der Waals surface area (Å²) in [6.45, 7) is 5.02. The molecule has 0 unspecified atom stereocenters. The van der Waals surface area contributed by atoms with Crippen LogP contribution in [0.2, 0.25) is 0 Å².